The van der Waals surface area contributed by atoms with Crippen molar-refractivity contribution >= 4 is 28.8 Å². The summed E-state index contributed by atoms with van der Waals surface area (Å²) in [6.07, 6.45) is 0.840. The quantitative estimate of drug-likeness (QED) is 0.782. The van der Waals surface area contributed by atoms with Gasteiger partial charge >= 0.3 is 12.1 Å². The molecular formula is C13H15N3O4. The summed E-state index contributed by atoms with van der Waals surface area (Å²) in [5, 5.41) is 12.0. The van der Waals surface area contributed by atoms with Gasteiger partial charge in [-0.3, -0.25) is 5.32 Å². The first-order valence-corrected chi connectivity index (χ1v) is 5.97. The van der Waals surface area contributed by atoms with Crippen LogP contribution in [0.1, 0.15) is 31.3 Å². The van der Waals surface area contributed by atoms with Crippen LogP contribution in [0.5, 0.6) is 0 Å². The lowest BCUT2D eigenvalue weighted by molar-refractivity contribution is 0.0633. The lowest BCUT2D eigenvalue weighted by atomic mass is 10.2. The molecule has 0 aliphatic heterocycles. The molecule has 106 valence electrons. The molecule has 0 radical (unpaired) electrons. The van der Waals surface area contributed by atoms with E-state index in [2.05, 4.69) is 15.3 Å². The van der Waals surface area contributed by atoms with Gasteiger partial charge in [-0.15, -0.1) is 0 Å². The fourth-order valence-corrected chi connectivity index (χ4v) is 1.62. The maximum atomic E-state index is 11.6. The van der Waals surface area contributed by atoms with Crippen molar-refractivity contribution in [2.45, 2.75) is 26.4 Å². The number of carbonyl (C=O) groups is 2. The minimum atomic E-state index is -1.05. The second-order valence-corrected chi connectivity index (χ2v) is 5.27. The Kier molecular flexibility index (Phi) is 3.35. The third kappa shape index (κ3) is 3.25. The molecule has 0 atom stereocenters. The zero-order valence-corrected chi connectivity index (χ0v) is 11.4. The number of carboxylic acid groups (broad SMARTS) is 1. The van der Waals surface area contributed by atoms with E-state index < -0.39 is 17.7 Å². The molecule has 1 amide bonds. The fourth-order valence-electron chi connectivity index (χ4n) is 1.62. The van der Waals surface area contributed by atoms with Gasteiger partial charge in [0.1, 0.15) is 17.1 Å². The van der Waals surface area contributed by atoms with Crippen LogP contribution in [0.3, 0.4) is 0 Å². The monoisotopic (exact) mass is 277 g/mol. The Morgan fingerprint density at radius 2 is 2.05 bits per heavy atom. The lowest BCUT2D eigenvalue weighted by Gasteiger charge is -2.19. The third-order valence-corrected chi connectivity index (χ3v) is 2.36. The van der Waals surface area contributed by atoms with Gasteiger partial charge in [0.05, 0.1) is 11.7 Å². The van der Waals surface area contributed by atoms with Crippen LogP contribution in [0.4, 0.5) is 10.6 Å². The number of fused-ring (bicyclic) bond motifs is 1. The van der Waals surface area contributed by atoms with Crippen LogP contribution in [-0.2, 0) is 4.74 Å². The molecule has 2 aromatic heterocycles. The topological polar surface area (TPSA) is 104 Å². The Bertz CT molecular complexity index is 670. The van der Waals surface area contributed by atoms with E-state index in [1.165, 1.54) is 12.3 Å². The van der Waals surface area contributed by atoms with Gasteiger partial charge in [0.15, 0.2) is 0 Å². The summed E-state index contributed by atoms with van der Waals surface area (Å²) >= 11 is 0. The van der Waals surface area contributed by atoms with Crippen molar-refractivity contribution in [3.63, 3.8) is 0 Å². The summed E-state index contributed by atoms with van der Waals surface area (Å²) in [5.74, 6) is -0.759. The van der Waals surface area contributed by atoms with Crippen molar-refractivity contribution in [2.24, 2.45) is 0 Å². The minimum Gasteiger partial charge on any atom is -0.477 e. The Labute approximate surface area is 115 Å². The molecule has 20 heavy (non-hydrogen) atoms. The molecular weight excluding hydrogens is 262 g/mol. The number of ether oxygens (including phenoxy) is 1. The van der Waals surface area contributed by atoms with E-state index in [1.807, 2.05) is 0 Å². The number of carboxylic acids is 1. The predicted octanol–water partition coefficient (Wildman–Crippen LogP) is 2.61. The van der Waals surface area contributed by atoms with Crippen LogP contribution in [0.15, 0.2) is 18.3 Å². The first-order valence-electron chi connectivity index (χ1n) is 5.97. The number of hydrogen-bond acceptors (Lipinski definition) is 4. The molecule has 2 heterocycles. The second kappa shape index (κ2) is 4.84. The van der Waals surface area contributed by atoms with Crippen LogP contribution in [0.25, 0.3) is 10.9 Å². The Balaban J connectivity index is 2.19. The Morgan fingerprint density at radius 3 is 2.65 bits per heavy atom. The number of rotatable bonds is 2. The highest BCUT2D eigenvalue weighted by atomic mass is 16.6. The molecule has 2 rings (SSSR count). The number of anilines is 1. The van der Waals surface area contributed by atoms with E-state index >= 15 is 0 Å². The maximum absolute atomic E-state index is 11.6. The summed E-state index contributed by atoms with van der Waals surface area (Å²) in [5.41, 5.74) is 0.0482. The normalized spacial score (nSPS) is 11.3. The number of amides is 1. The molecule has 0 saturated carbocycles. The number of H-pyrrole nitrogens is 1. The fraction of sp³-hybridized carbons (Fsp3) is 0.308. The number of hydrogen-bond donors (Lipinski definition) is 3. The molecule has 0 unspecified atom stereocenters. The molecule has 0 fully saturated rings. The number of carbonyl (C=O) groups excluding carboxylic acids is 1. The number of nitrogens with one attached hydrogen (secondary N) is 2. The van der Waals surface area contributed by atoms with Crippen molar-refractivity contribution in [1.82, 2.24) is 9.97 Å². The SMILES string of the molecule is CC(C)(C)OC(=O)Nc1cc2cc(C(=O)O)[nH]c2cn1. The highest BCUT2D eigenvalue weighted by Crippen LogP contribution is 2.18. The van der Waals surface area contributed by atoms with Gasteiger partial charge in [-0.2, -0.15) is 0 Å². The third-order valence-electron chi connectivity index (χ3n) is 2.36. The highest BCUT2D eigenvalue weighted by molar-refractivity contribution is 5.95. The van der Waals surface area contributed by atoms with Crippen molar-refractivity contribution in [2.75, 3.05) is 5.32 Å². The standard InChI is InChI=1S/C13H15N3O4/c1-13(2,3)20-12(19)16-10-5-7-4-8(11(17)18)15-9(7)6-14-10/h4-6,15H,1-3H3,(H,17,18)(H,14,16,19). The smallest absolute Gasteiger partial charge is 0.413 e. The van der Waals surface area contributed by atoms with Crippen molar-refractivity contribution in [1.29, 1.82) is 0 Å². The Morgan fingerprint density at radius 1 is 1.35 bits per heavy atom. The van der Waals surface area contributed by atoms with Gasteiger partial charge < -0.3 is 14.8 Å². The van der Waals surface area contributed by atoms with E-state index in [1.54, 1.807) is 26.8 Å². The van der Waals surface area contributed by atoms with Gasteiger partial charge in [0.25, 0.3) is 0 Å². The summed E-state index contributed by atoms with van der Waals surface area (Å²) in [7, 11) is 0. The van der Waals surface area contributed by atoms with E-state index in [-0.39, 0.29) is 5.69 Å². The maximum Gasteiger partial charge on any atom is 0.413 e. The lowest BCUT2D eigenvalue weighted by Crippen LogP contribution is -2.27. The molecule has 0 bridgehead atoms. The van der Waals surface area contributed by atoms with Crippen LogP contribution in [0.2, 0.25) is 0 Å². The molecule has 0 aliphatic rings. The van der Waals surface area contributed by atoms with Crippen LogP contribution in [-0.4, -0.2) is 32.7 Å². The van der Waals surface area contributed by atoms with Crippen LogP contribution >= 0.6 is 0 Å². The number of aromatic amines is 1. The molecule has 7 nitrogen and oxygen atoms in total. The first-order chi connectivity index (χ1) is 9.24. The summed E-state index contributed by atoms with van der Waals surface area (Å²) in [6, 6.07) is 3.04. The van der Waals surface area contributed by atoms with Gasteiger partial charge in [-0.05, 0) is 32.9 Å². The summed E-state index contributed by atoms with van der Waals surface area (Å²) in [4.78, 5) is 29.2. The van der Waals surface area contributed by atoms with Crippen LogP contribution in [0, 0.1) is 0 Å². The van der Waals surface area contributed by atoms with E-state index in [4.69, 9.17) is 9.84 Å². The van der Waals surface area contributed by atoms with Crippen LogP contribution < -0.4 is 5.32 Å². The molecule has 7 heteroatoms. The highest BCUT2D eigenvalue weighted by Gasteiger charge is 2.17. The molecule has 2 aromatic rings. The molecule has 0 spiro atoms. The van der Waals surface area contributed by atoms with E-state index in [0.717, 1.165) is 0 Å². The number of aromatic nitrogens is 2. The van der Waals surface area contributed by atoms with E-state index in [9.17, 15) is 9.59 Å². The van der Waals surface area contributed by atoms with E-state index in [0.29, 0.717) is 16.7 Å². The van der Waals surface area contributed by atoms with Crippen molar-refractivity contribution < 1.29 is 19.4 Å². The molecule has 0 saturated heterocycles. The average molecular weight is 277 g/mol. The predicted molar refractivity (Wildman–Crippen MR) is 72.9 cm³/mol. The minimum absolute atomic E-state index is 0.0659. The first kappa shape index (κ1) is 13.9. The van der Waals surface area contributed by atoms with Gasteiger partial charge in [-0.1, -0.05) is 0 Å². The zero-order chi connectivity index (χ0) is 14.9. The average Bonchev–Trinajstić information content (AvgIpc) is 2.69. The number of pyridine rings is 1. The van der Waals surface area contributed by atoms with Crippen molar-refractivity contribution in [3.05, 3.63) is 24.0 Å². The van der Waals surface area contributed by atoms with Crippen molar-refractivity contribution in [3.8, 4) is 0 Å². The molecule has 0 aliphatic carbocycles. The summed E-state index contributed by atoms with van der Waals surface area (Å²) < 4.78 is 5.11. The second-order valence-electron chi connectivity index (χ2n) is 5.27. The number of aromatic carboxylic acids is 1. The van der Waals surface area contributed by atoms with Gasteiger partial charge in [0, 0.05) is 5.39 Å². The molecule has 3 N–H and O–H groups in total. The van der Waals surface area contributed by atoms with Gasteiger partial charge in [-0.25, -0.2) is 14.6 Å². The molecule has 0 aromatic carbocycles. The largest absolute Gasteiger partial charge is 0.477 e. The Hall–Kier alpha value is -2.57. The van der Waals surface area contributed by atoms with Gasteiger partial charge in [0.2, 0.25) is 0 Å². The summed E-state index contributed by atoms with van der Waals surface area (Å²) in [6.45, 7) is 5.28. The zero-order valence-electron chi connectivity index (χ0n) is 11.4. The number of nitrogens with zero attached hydrogens (tertiary/aromatic N) is 1.